The van der Waals surface area contributed by atoms with Crippen LogP contribution in [0.1, 0.15) is 35.3 Å². The minimum Gasteiger partial charge on any atom is -0.463 e. The van der Waals surface area contributed by atoms with Gasteiger partial charge in [0, 0.05) is 50.4 Å². The van der Waals surface area contributed by atoms with E-state index < -0.39 is 5.97 Å². The van der Waals surface area contributed by atoms with Crippen LogP contribution in [0.4, 0.5) is 0 Å². The van der Waals surface area contributed by atoms with Crippen LogP contribution in [-0.4, -0.2) is 32.5 Å². The lowest BCUT2D eigenvalue weighted by molar-refractivity contribution is -0.137. The average Bonchev–Trinajstić information content (AvgIpc) is 4.06. The molecular formula is C49H36N4O2. The van der Waals surface area contributed by atoms with Gasteiger partial charge in [-0.1, -0.05) is 121 Å². The molecule has 6 nitrogen and oxygen atoms in total. The maximum absolute atomic E-state index is 12.7. The lowest BCUT2D eigenvalue weighted by Gasteiger charge is -2.07. The molecule has 0 fully saturated rings. The van der Waals surface area contributed by atoms with Gasteiger partial charge in [0.15, 0.2) is 0 Å². The van der Waals surface area contributed by atoms with E-state index in [0.717, 1.165) is 94.9 Å². The number of aromatic amines is 2. The summed E-state index contributed by atoms with van der Waals surface area (Å²) in [6.45, 7) is 2.09. The third-order valence-electron chi connectivity index (χ3n) is 9.83. The zero-order valence-electron chi connectivity index (χ0n) is 30.2. The number of nitrogens with zero attached hydrogens (tertiary/aromatic N) is 2. The van der Waals surface area contributed by atoms with Crippen LogP contribution in [-0.2, 0) is 9.53 Å². The molecule has 0 radical (unpaired) electrons. The van der Waals surface area contributed by atoms with Gasteiger partial charge < -0.3 is 14.7 Å². The van der Waals surface area contributed by atoms with Crippen molar-refractivity contribution < 1.29 is 9.53 Å². The summed E-state index contributed by atoms with van der Waals surface area (Å²) in [6, 6.07) is 47.7. The summed E-state index contributed by atoms with van der Waals surface area (Å²) in [6.07, 6.45) is 11.7. The standard InChI is InChI=1S/C49H36N4O2/c1-2-55-44(54)30-23-36-31-43-47(34-19-11-5-12-20-34)41-27-26-39(51-41)45(32-15-7-3-8-16-32)37-24-25-38(50-37)46(33-17-9-4-10-18-33)40-28-29-42(52-40)48(49(36)53-43)35-21-13-6-14-22-35/h3-31,50,53H,2H2,1H3/b30-23+,45-37?,45-39?,46-38?,46-40?,47-41?,47-43?,48-42?,49-48?. The number of H-pyrrole nitrogens is 2. The zero-order chi connectivity index (χ0) is 37.1. The fourth-order valence-corrected chi connectivity index (χ4v) is 7.42. The Balaban J connectivity index is 1.50. The molecule has 264 valence electrons. The van der Waals surface area contributed by atoms with Gasteiger partial charge in [-0.15, -0.1) is 0 Å². The zero-order valence-corrected chi connectivity index (χ0v) is 30.2. The van der Waals surface area contributed by atoms with Gasteiger partial charge in [-0.2, -0.15) is 0 Å². The quantitative estimate of drug-likeness (QED) is 0.127. The molecule has 0 unspecified atom stereocenters. The number of nitrogens with one attached hydrogen (secondary N) is 2. The first-order valence-electron chi connectivity index (χ1n) is 18.4. The molecule has 8 bridgehead atoms. The van der Waals surface area contributed by atoms with Crippen LogP contribution in [0, 0.1) is 0 Å². The molecule has 3 aromatic heterocycles. The summed E-state index contributed by atoms with van der Waals surface area (Å²) in [4.78, 5) is 31.1. The van der Waals surface area contributed by atoms with Crippen molar-refractivity contribution in [3.8, 4) is 44.5 Å². The fourth-order valence-electron chi connectivity index (χ4n) is 7.42. The number of hydrogen-bond acceptors (Lipinski definition) is 4. The van der Waals surface area contributed by atoms with E-state index in [-0.39, 0.29) is 6.61 Å². The smallest absolute Gasteiger partial charge is 0.330 e. The highest BCUT2D eigenvalue weighted by Gasteiger charge is 2.20. The van der Waals surface area contributed by atoms with Crippen molar-refractivity contribution in [2.24, 2.45) is 0 Å². The summed E-state index contributed by atoms with van der Waals surface area (Å²) in [5, 5.41) is 0. The van der Waals surface area contributed by atoms with E-state index in [1.165, 1.54) is 6.08 Å². The molecule has 0 amide bonds. The van der Waals surface area contributed by atoms with Crippen molar-refractivity contribution in [1.29, 1.82) is 0 Å². The molecule has 0 spiro atoms. The van der Waals surface area contributed by atoms with E-state index in [2.05, 4.69) is 125 Å². The van der Waals surface area contributed by atoms with E-state index >= 15 is 0 Å². The van der Waals surface area contributed by atoms with Crippen molar-refractivity contribution in [3.05, 3.63) is 174 Å². The lowest BCUT2D eigenvalue weighted by atomic mass is 10.0. The molecule has 5 heterocycles. The largest absolute Gasteiger partial charge is 0.463 e. The van der Waals surface area contributed by atoms with Gasteiger partial charge in [-0.3, -0.25) is 0 Å². The van der Waals surface area contributed by atoms with Gasteiger partial charge in [0.2, 0.25) is 0 Å². The minimum absolute atomic E-state index is 0.289. The van der Waals surface area contributed by atoms with E-state index in [0.29, 0.717) is 0 Å². The van der Waals surface area contributed by atoms with Gasteiger partial charge in [-0.05, 0) is 77.8 Å². The molecule has 2 aliphatic heterocycles. The second-order valence-electron chi connectivity index (χ2n) is 13.3. The predicted molar refractivity (Wildman–Crippen MR) is 226 cm³/mol. The molecular weight excluding hydrogens is 677 g/mol. The van der Waals surface area contributed by atoms with Crippen molar-refractivity contribution >= 4 is 58.4 Å². The Hall–Kier alpha value is -7.31. The molecule has 0 atom stereocenters. The number of rotatable bonds is 7. The van der Waals surface area contributed by atoms with Gasteiger partial charge in [-0.25, -0.2) is 14.8 Å². The number of carbonyl (C=O) groups is 1. The molecule has 2 N–H and O–H groups in total. The summed E-state index contributed by atoms with van der Waals surface area (Å²) < 4.78 is 5.31. The molecule has 0 saturated carbocycles. The third kappa shape index (κ3) is 6.51. The maximum atomic E-state index is 12.7. The molecule has 2 aliphatic rings. The Kier molecular flexibility index (Phi) is 8.90. The van der Waals surface area contributed by atoms with Gasteiger partial charge in [0.1, 0.15) is 0 Å². The van der Waals surface area contributed by atoms with Crippen LogP contribution in [0.5, 0.6) is 0 Å². The number of benzene rings is 4. The normalized spacial score (nSPS) is 12.0. The van der Waals surface area contributed by atoms with E-state index in [1.807, 2.05) is 54.6 Å². The molecule has 7 aromatic rings. The van der Waals surface area contributed by atoms with E-state index in [1.54, 1.807) is 6.92 Å². The highest BCUT2D eigenvalue weighted by atomic mass is 16.5. The number of hydrogen-bond donors (Lipinski definition) is 2. The highest BCUT2D eigenvalue weighted by molar-refractivity contribution is 6.02. The lowest BCUT2D eigenvalue weighted by Crippen LogP contribution is -1.98. The summed E-state index contributed by atoms with van der Waals surface area (Å²) in [5.41, 5.74) is 15.5. The topological polar surface area (TPSA) is 83.7 Å². The van der Waals surface area contributed by atoms with E-state index in [9.17, 15) is 4.79 Å². The van der Waals surface area contributed by atoms with Crippen LogP contribution in [0.25, 0.3) is 97.0 Å². The van der Waals surface area contributed by atoms with Crippen LogP contribution in [0.2, 0.25) is 0 Å². The van der Waals surface area contributed by atoms with Crippen molar-refractivity contribution in [2.75, 3.05) is 6.61 Å². The van der Waals surface area contributed by atoms with Crippen LogP contribution >= 0.6 is 0 Å². The summed E-state index contributed by atoms with van der Waals surface area (Å²) >= 11 is 0. The Labute approximate surface area is 318 Å². The van der Waals surface area contributed by atoms with Crippen molar-refractivity contribution in [1.82, 2.24) is 19.9 Å². The Bertz CT molecular complexity index is 2810. The molecule has 9 rings (SSSR count). The second-order valence-corrected chi connectivity index (χ2v) is 13.3. The maximum Gasteiger partial charge on any atom is 0.330 e. The number of carbonyl (C=O) groups excluding carboxylic acids is 1. The molecule has 0 aliphatic carbocycles. The Morgan fingerprint density at radius 3 is 1.36 bits per heavy atom. The van der Waals surface area contributed by atoms with Gasteiger partial charge in [0.05, 0.1) is 34.9 Å². The molecule has 4 aromatic carbocycles. The first-order valence-corrected chi connectivity index (χ1v) is 18.4. The second kappa shape index (κ2) is 14.6. The van der Waals surface area contributed by atoms with Crippen LogP contribution in [0.3, 0.4) is 0 Å². The number of esters is 1. The molecule has 0 saturated heterocycles. The predicted octanol–water partition coefficient (Wildman–Crippen LogP) is 11.9. The summed E-state index contributed by atoms with van der Waals surface area (Å²) in [7, 11) is 0. The van der Waals surface area contributed by atoms with Gasteiger partial charge in [0.25, 0.3) is 0 Å². The Morgan fingerprint density at radius 2 is 0.927 bits per heavy atom. The molecule has 55 heavy (non-hydrogen) atoms. The first kappa shape index (κ1) is 33.5. The van der Waals surface area contributed by atoms with Gasteiger partial charge >= 0.3 is 5.97 Å². The monoisotopic (exact) mass is 712 g/mol. The van der Waals surface area contributed by atoms with E-state index in [4.69, 9.17) is 14.7 Å². The Morgan fingerprint density at radius 1 is 0.527 bits per heavy atom. The highest BCUT2D eigenvalue weighted by Crippen LogP contribution is 2.39. The first-order chi connectivity index (χ1) is 27.1. The fraction of sp³-hybridized carbons (Fsp3) is 0.0408. The summed E-state index contributed by atoms with van der Waals surface area (Å²) in [5.74, 6) is -0.407. The third-order valence-corrected chi connectivity index (χ3v) is 9.83. The number of aromatic nitrogens is 4. The van der Waals surface area contributed by atoms with Crippen LogP contribution in [0.15, 0.2) is 146 Å². The van der Waals surface area contributed by atoms with Crippen LogP contribution < -0.4 is 0 Å². The number of ether oxygens (including phenoxy) is 1. The van der Waals surface area contributed by atoms with Crippen molar-refractivity contribution in [2.45, 2.75) is 6.92 Å². The SMILES string of the molecule is CCOC(=O)/C=C/c1cc2[nH]c1c(-c1ccccc1)c1nc(c(-c3ccccc3)c3ccc([nH]3)c(-c3ccccc3)c3nc(c2-c2ccccc2)C=C3)C=C1. The minimum atomic E-state index is -0.407. The average molecular weight is 713 g/mol. The number of fused-ring (bicyclic) bond motifs is 8. The molecule has 6 heteroatoms. The van der Waals surface area contributed by atoms with Crippen molar-refractivity contribution in [3.63, 3.8) is 0 Å².